The lowest BCUT2D eigenvalue weighted by atomic mass is 10.3. The van der Waals surface area contributed by atoms with Crippen LogP contribution >= 0.6 is 0 Å². The second-order valence-corrected chi connectivity index (χ2v) is 7.10. The number of nitro benzene ring substituents is 1. The minimum atomic E-state index is -4.21. The number of carbonyl (C=O) groups is 1. The Morgan fingerprint density at radius 1 is 1.15 bits per heavy atom. The highest BCUT2D eigenvalue weighted by Crippen LogP contribution is 2.32. The molecule has 0 bridgehead atoms. The number of nitro groups is 1. The number of ether oxygens (including phenoxy) is 2. The summed E-state index contributed by atoms with van der Waals surface area (Å²) in [7, 11) is -2.84. The van der Waals surface area contributed by atoms with Crippen LogP contribution < -0.4 is 9.04 Å². The predicted molar refractivity (Wildman–Crippen MR) is 97.3 cm³/mol. The molecule has 0 spiro atoms. The Kier molecular flexibility index (Phi) is 6.35. The zero-order valence-electron chi connectivity index (χ0n) is 14.7. The first-order chi connectivity index (χ1) is 12.8. The van der Waals surface area contributed by atoms with Gasteiger partial charge in [0.15, 0.2) is 0 Å². The van der Waals surface area contributed by atoms with E-state index in [0.29, 0.717) is 0 Å². The van der Waals surface area contributed by atoms with Crippen LogP contribution in [0.4, 0.5) is 11.4 Å². The highest BCUT2D eigenvalue weighted by Gasteiger charge is 2.30. The lowest BCUT2D eigenvalue weighted by molar-refractivity contribution is -0.384. The minimum absolute atomic E-state index is 0.0934. The molecule has 0 fully saturated rings. The number of para-hydroxylation sites is 2. The van der Waals surface area contributed by atoms with Crippen molar-refractivity contribution in [3.05, 3.63) is 58.6 Å². The summed E-state index contributed by atoms with van der Waals surface area (Å²) in [4.78, 5) is 21.9. The average molecular weight is 394 g/mol. The van der Waals surface area contributed by atoms with Crippen LogP contribution in [0.15, 0.2) is 53.4 Å². The van der Waals surface area contributed by atoms with Gasteiger partial charge in [-0.3, -0.25) is 19.2 Å². The molecule has 0 N–H and O–H groups in total. The van der Waals surface area contributed by atoms with Crippen molar-refractivity contribution in [2.45, 2.75) is 11.8 Å². The average Bonchev–Trinajstić information content (AvgIpc) is 2.66. The molecule has 0 saturated heterocycles. The maximum Gasteiger partial charge on any atom is 0.326 e. The third-order valence-electron chi connectivity index (χ3n) is 3.57. The number of non-ortho nitro benzene ring substituents is 1. The van der Waals surface area contributed by atoms with Crippen molar-refractivity contribution >= 4 is 27.4 Å². The molecule has 0 aliphatic heterocycles. The third kappa shape index (κ3) is 4.53. The van der Waals surface area contributed by atoms with E-state index in [9.17, 15) is 23.3 Å². The van der Waals surface area contributed by atoms with Gasteiger partial charge in [-0.05, 0) is 31.2 Å². The first kappa shape index (κ1) is 20.2. The van der Waals surface area contributed by atoms with Gasteiger partial charge in [0.25, 0.3) is 15.7 Å². The molecule has 2 rings (SSSR count). The number of hydrogen-bond donors (Lipinski definition) is 0. The van der Waals surface area contributed by atoms with Crippen LogP contribution in [0.5, 0.6) is 5.75 Å². The monoisotopic (exact) mass is 394 g/mol. The van der Waals surface area contributed by atoms with Crippen LogP contribution in [0.25, 0.3) is 0 Å². The van der Waals surface area contributed by atoms with E-state index in [4.69, 9.17) is 9.47 Å². The Morgan fingerprint density at radius 2 is 1.78 bits per heavy atom. The summed E-state index contributed by atoms with van der Waals surface area (Å²) in [5.41, 5.74) is -0.102. The number of carbonyl (C=O) groups excluding carboxylic acids is 1. The van der Waals surface area contributed by atoms with Gasteiger partial charge in [-0.25, -0.2) is 8.42 Å². The van der Waals surface area contributed by atoms with Gasteiger partial charge in [-0.1, -0.05) is 12.1 Å². The van der Waals surface area contributed by atoms with Crippen molar-refractivity contribution in [1.29, 1.82) is 0 Å². The van der Waals surface area contributed by atoms with E-state index in [1.165, 1.54) is 13.2 Å². The van der Waals surface area contributed by atoms with Gasteiger partial charge < -0.3 is 9.47 Å². The van der Waals surface area contributed by atoms with Gasteiger partial charge in [0, 0.05) is 12.1 Å². The molecule has 0 amide bonds. The van der Waals surface area contributed by atoms with Crippen LogP contribution in [0, 0.1) is 10.1 Å². The van der Waals surface area contributed by atoms with Crippen molar-refractivity contribution < 1.29 is 27.6 Å². The standard InChI is InChI=1S/C17H18N2O7S/c1-3-26-17(20)12-18(15-6-4-5-7-16(15)25-2)27(23,24)14-10-8-13(9-11-14)19(21)22/h4-11H,3,12H2,1-2H3. The van der Waals surface area contributed by atoms with E-state index in [-0.39, 0.29) is 28.6 Å². The lowest BCUT2D eigenvalue weighted by Crippen LogP contribution is -2.36. The molecule has 0 aromatic heterocycles. The molecule has 0 heterocycles. The molecule has 0 saturated carbocycles. The van der Waals surface area contributed by atoms with Crippen LogP contribution in [0.3, 0.4) is 0 Å². The number of benzene rings is 2. The van der Waals surface area contributed by atoms with E-state index < -0.39 is 27.5 Å². The molecule has 0 unspecified atom stereocenters. The molecule has 2 aromatic carbocycles. The summed E-state index contributed by atoms with van der Waals surface area (Å²) in [5, 5.41) is 10.8. The number of anilines is 1. The van der Waals surface area contributed by atoms with Gasteiger partial charge in [0.1, 0.15) is 12.3 Å². The van der Waals surface area contributed by atoms with Gasteiger partial charge in [-0.2, -0.15) is 0 Å². The zero-order valence-corrected chi connectivity index (χ0v) is 15.5. The fourth-order valence-electron chi connectivity index (χ4n) is 2.33. The van der Waals surface area contributed by atoms with Gasteiger partial charge >= 0.3 is 5.97 Å². The SMILES string of the molecule is CCOC(=O)CN(c1ccccc1OC)S(=O)(=O)c1ccc([N+](=O)[O-])cc1. The molecule has 27 heavy (non-hydrogen) atoms. The highest BCUT2D eigenvalue weighted by atomic mass is 32.2. The number of sulfonamides is 1. The topological polar surface area (TPSA) is 116 Å². The molecule has 0 aliphatic rings. The third-order valence-corrected chi connectivity index (χ3v) is 5.34. The highest BCUT2D eigenvalue weighted by molar-refractivity contribution is 7.92. The first-order valence-electron chi connectivity index (χ1n) is 7.87. The number of hydrogen-bond acceptors (Lipinski definition) is 7. The Morgan fingerprint density at radius 3 is 2.33 bits per heavy atom. The zero-order chi connectivity index (χ0) is 20.0. The van der Waals surface area contributed by atoms with E-state index >= 15 is 0 Å². The molecule has 9 nitrogen and oxygen atoms in total. The summed E-state index contributed by atoms with van der Waals surface area (Å²) in [6.07, 6.45) is 0. The quantitative estimate of drug-likeness (QED) is 0.383. The van der Waals surface area contributed by atoms with Crippen molar-refractivity contribution in [3.63, 3.8) is 0 Å². The number of methoxy groups -OCH3 is 1. The lowest BCUT2D eigenvalue weighted by Gasteiger charge is -2.25. The van der Waals surface area contributed by atoms with Gasteiger partial charge in [-0.15, -0.1) is 0 Å². The van der Waals surface area contributed by atoms with E-state index in [2.05, 4.69) is 0 Å². The number of esters is 1. The maximum atomic E-state index is 13.1. The Balaban J connectivity index is 2.53. The van der Waals surface area contributed by atoms with Crippen LogP contribution in [-0.2, 0) is 19.6 Å². The van der Waals surface area contributed by atoms with E-state index in [1.54, 1.807) is 25.1 Å². The molecule has 0 atom stereocenters. The molecule has 10 heteroatoms. The molecule has 2 aromatic rings. The van der Waals surface area contributed by atoms with Crippen LogP contribution in [0.2, 0.25) is 0 Å². The largest absolute Gasteiger partial charge is 0.495 e. The van der Waals surface area contributed by atoms with Crippen molar-refractivity contribution in [2.24, 2.45) is 0 Å². The molecule has 0 aliphatic carbocycles. The summed E-state index contributed by atoms with van der Waals surface area (Å²) in [6, 6.07) is 10.7. The smallest absolute Gasteiger partial charge is 0.326 e. The Labute approximate surface area is 156 Å². The Hall–Kier alpha value is -3.14. The van der Waals surface area contributed by atoms with E-state index in [1.807, 2.05) is 0 Å². The summed E-state index contributed by atoms with van der Waals surface area (Å²) in [6.45, 7) is 1.12. The van der Waals surface area contributed by atoms with Crippen molar-refractivity contribution in [3.8, 4) is 5.75 Å². The fourth-order valence-corrected chi connectivity index (χ4v) is 3.75. The number of rotatable bonds is 8. The molecular formula is C17H18N2O7S. The summed E-state index contributed by atoms with van der Waals surface area (Å²) in [5.74, 6) is -0.499. The van der Waals surface area contributed by atoms with Crippen LogP contribution in [-0.4, -0.2) is 39.6 Å². The van der Waals surface area contributed by atoms with Gasteiger partial charge in [0.05, 0.1) is 29.2 Å². The van der Waals surface area contributed by atoms with Gasteiger partial charge in [0.2, 0.25) is 0 Å². The summed E-state index contributed by atoms with van der Waals surface area (Å²) < 4.78 is 37.2. The number of nitrogens with zero attached hydrogens (tertiary/aromatic N) is 2. The molecule has 0 radical (unpaired) electrons. The fraction of sp³-hybridized carbons (Fsp3) is 0.235. The molecule has 144 valence electrons. The summed E-state index contributed by atoms with van der Waals surface area (Å²) >= 11 is 0. The molecular weight excluding hydrogens is 376 g/mol. The second kappa shape index (κ2) is 8.49. The maximum absolute atomic E-state index is 13.1. The van der Waals surface area contributed by atoms with Crippen molar-refractivity contribution in [2.75, 3.05) is 24.6 Å². The van der Waals surface area contributed by atoms with Crippen molar-refractivity contribution in [1.82, 2.24) is 0 Å². The minimum Gasteiger partial charge on any atom is -0.495 e. The van der Waals surface area contributed by atoms with Crippen LogP contribution in [0.1, 0.15) is 6.92 Å². The predicted octanol–water partition coefficient (Wildman–Crippen LogP) is 2.36. The second-order valence-electron chi connectivity index (χ2n) is 5.24. The first-order valence-corrected chi connectivity index (χ1v) is 9.31. The normalized spacial score (nSPS) is 10.9. The Bertz CT molecular complexity index is 927. The van der Waals surface area contributed by atoms with E-state index in [0.717, 1.165) is 28.6 Å².